The van der Waals surface area contributed by atoms with E-state index in [-0.39, 0.29) is 17.9 Å². The quantitative estimate of drug-likeness (QED) is 0.579. The molecule has 4 N–H and O–H groups in total. The van der Waals surface area contributed by atoms with Crippen LogP contribution in [0.25, 0.3) is 0 Å². The second-order valence-corrected chi connectivity index (χ2v) is 3.40. The van der Waals surface area contributed by atoms with Crippen molar-refractivity contribution < 1.29 is 14.7 Å². The summed E-state index contributed by atoms with van der Waals surface area (Å²) in [5.74, 6) is -0.333. The van der Waals surface area contributed by atoms with Crippen molar-refractivity contribution in [2.75, 3.05) is 0 Å². The Morgan fingerprint density at radius 1 is 1.23 bits per heavy atom. The van der Waals surface area contributed by atoms with E-state index in [1.807, 2.05) is 0 Å². The van der Waals surface area contributed by atoms with Crippen molar-refractivity contribution in [1.82, 2.24) is 5.32 Å². The molecule has 5 heteroatoms. The van der Waals surface area contributed by atoms with Crippen LogP contribution in [-0.4, -0.2) is 23.1 Å². The lowest BCUT2D eigenvalue weighted by molar-refractivity contribution is -0.122. The fourth-order valence-corrected chi connectivity index (χ4v) is 1.70. The first-order valence-corrected chi connectivity index (χ1v) is 4.38. The molecule has 0 spiro atoms. The SMILES string of the molecule is NC(=O)[C@H]1CC[C@@H](NC(=O)O)CC1. The van der Waals surface area contributed by atoms with E-state index in [9.17, 15) is 9.59 Å². The normalized spacial score (nSPS) is 28.0. The van der Waals surface area contributed by atoms with Gasteiger partial charge in [-0.05, 0) is 25.7 Å². The van der Waals surface area contributed by atoms with Crippen LogP contribution in [0.15, 0.2) is 0 Å². The molecule has 0 aliphatic heterocycles. The van der Waals surface area contributed by atoms with E-state index in [1.165, 1.54) is 0 Å². The second kappa shape index (κ2) is 4.11. The van der Waals surface area contributed by atoms with Crippen LogP contribution in [0.1, 0.15) is 25.7 Å². The van der Waals surface area contributed by atoms with E-state index < -0.39 is 6.09 Å². The lowest BCUT2D eigenvalue weighted by Crippen LogP contribution is -2.39. The Balaban J connectivity index is 2.30. The summed E-state index contributed by atoms with van der Waals surface area (Å²) in [5.41, 5.74) is 5.14. The van der Waals surface area contributed by atoms with Crippen LogP contribution in [-0.2, 0) is 4.79 Å². The van der Waals surface area contributed by atoms with E-state index in [0.29, 0.717) is 25.7 Å². The molecule has 5 nitrogen and oxygen atoms in total. The van der Waals surface area contributed by atoms with Crippen LogP contribution in [0, 0.1) is 5.92 Å². The molecule has 0 saturated heterocycles. The molecule has 0 aromatic carbocycles. The summed E-state index contributed by atoms with van der Waals surface area (Å²) in [6.07, 6.45) is 1.81. The Morgan fingerprint density at radius 3 is 2.15 bits per heavy atom. The second-order valence-electron chi connectivity index (χ2n) is 3.40. The van der Waals surface area contributed by atoms with E-state index >= 15 is 0 Å². The largest absolute Gasteiger partial charge is 0.465 e. The third-order valence-corrected chi connectivity index (χ3v) is 2.46. The first kappa shape index (κ1) is 9.83. The van der Waals surface area contributed by atoms with Crippen molar-refractivity contribution in [2.24, 2.45) is 11.7 Å². The molecule has 74 valence electrons. The Labute approximate surface area is 76.3 Å². The van der Waals surface area contributed by atoms with Crippen LogP contribution in [0.4, 0.5) is 4.79 Å². The van der Waals surface area contributed by atoms with Crippen molar-refractivity contribution in [3.8, 4) is 0 Å². The third-order valence-electron chi connectivity index (χ3n) is 2.46. The monoisotopic (exact) mass is 186 g/mol. The van der Waals surface area contributed by atoms with Crippen molar-refractivity contribution >= 4 is 12.0 Å². The van der Waals surface area contributed by atoms with Crippen LogP contribution < -0.4 is 11.1 Å². The molecule has 13 heavy (non-hydrogen) atoms. The molecule has 0 aromatic rings. The molecule has 0 heterocycles. The summed E-state index contributed by atoms with van der Waals surface area (Å²) in [7, 11) is 0. The van der Waals surface area contributed by atoms with Gasteiger partial charge in [-0.3, -0.25) is 4.79 Å². The van der Waals surface area contributed by atoms with E-state index in [2.05, 4.69) is 5.32 Å². The molecule has 1 saturated carbocycles. The molecule has 1 aliphatic rings. The van der Waals surface area contributed by atoms with E-state index in [1.54, 1.807) is 0 Å². The van der Waals surface area contributed by atoms with Gasteiger partial charge in [0.2, 0.25) is 5.91 Å². The minimum atomic E-state index is -0.998. The van der Waals surface area contributed by atoms with Gasteiger partial charge in [0.15, 0.2) is 0 Å². The number of primary amides is 1. The molecule has 1 aliphatic carbocycles. The molecule has 0 atom stereocenters. The van der Waals surface area contributed by atoms with Gasteiger partial charge in [-0.1, -0.05) is 0 Å². The number of rotatable bonds is 2. The number of amides is 2. The zero-order chi connectivity index (χ0) is 9.84. The predicted molar refractivity (Wildman–Crippen MR) is 46.1 cm³/mol. The Bertz CT molecular complexity index is 209. The Kier molecular flexibility index (Phi) is 3.11. The highest BCUT2D eigenvalue weighted by Crippen LogP contribution is 2.23. The van der Waals surface area contributed by atoms with Crippen molar-refractivity contribution in [1.29, 1.82) is 0 Å². The average Bonchev–Trinajstić information content (AvgIpc) is 2.04. The van der Waals surface area contributed by atoms with Gasteiger partial charge < -0.3 is 16.2 Å². The van der Waals surface area contributed by atoms with Gasteiger partial charge in [0.25, 0.3) is 0 Å². The molecule has 1 fully saturated rings. The minimum Gasteiger partial charge on any atom is -0.465 e. The lowest BCUT2D eigenvalue weighted by atomic mass is 9.86. The highest BCUT2D eigenvalue weighted by molar-refractivity contribution is 5.76. The smallest absolute Gasteiger partial charge is 0.404 e. The van der Waals surface area contributed by atoms with Gasteiger partial charge in [-0.2, -0.15) is 0 Å². The van der Waals surface area contributed by atoms with Gasteiger partial charge in [-0.15, -0.1) is 0 Å². The number of nitrogens with two attached hydrogens (primary N) is 1. The van der Waals surface area contributed by atoms with Gasteiger partial charge in [0.1, 0.15) is 0 Å². The standard InChI is InChI=1S/C8H14N2O3/c9-7(11)5-1-3-6(4-2-5)10-8(12)13/h5-6,10H,1-4H2,(H2,9,11)(H,12,13)/t5-,6+. The van der Waals surface area contributed by atoms with Gasteiger partial charge >= 0.3 is 6.09 Å². The summed E-state index contributed by atoms with van der Waals surface area (Å²) in [6.45, 7) is 0. The zero-order valence-electron chi connectivity index (χ0n) is 7.32. The fraction of sp³-hybridized carbons (Fsp3) is 0.750. The molecular weight excluding hydrogens is 172 g/mol. The van der Waals surface area contributed by atoms with Gasteiger partial charge in [0, 0.05) is 12.0 Å². The highest BCUT2D eigenvalue weighted by atomic mass is 16.4. The number of carbonyl (C=O) groups is 2. The lowest BCUT2D eigenvalue weighted by Gasteiger charge is -2.26. The fourth-order valence-electron chi connectivity index (χ4n) is 1.70. The number of carboxylic acid groups (broad SMARTS) is 1. The predicted octanol–water partition coefficient (Wildman–Crippen LogP) is 0.298. The molecule has 0 bridgehead atoms. The first-order valence-electron chi connectivity index (χ1n) is 4.38. The Hall–Kier alpha value is -1.26. The summed E-state index contributed by atoms with van der Waals surface area (Å²) >= 11 is 0. The number of hydrogen-bond acceptors (Lipinski definition) is 2. The first-order chi connectivity index (χ1) is 6.09. The van der Waals surface area contributed by atoms with Crippen LogP contribution in [0.2, 0.25) is 0 Å². The van der Waals surface area contributed by atoms with Crippen LogP contribution in [0.5, 0.6) is 0 Å². The van der Waals surface area contributed by atoms with Crippen LogP contribution in [0.3, 0.4) is 0 Å². The van der Waals surface area contributed by atoms with Crippen molar-refractivity contribution in [3.05, 3.63) is 0 Å². The number of carbonyl (C=O) groups excluding carboxylic acids is 1. The summed E-state index contributed by atoms with van der Waals surface area (Å²) < 4.78 is 0. The molecule has 0 aromatic heterocycles. The van der Waals surface area contributed by atoms with Crippen molar-refractivity contribution in [2.45, 2.75) is 31.7 Å². The third kappa shape index (κ3) is 2.93. The number of hydrogen-bond donors (Lipinski definition) is 3. The number of nitrogens with one attached hydrogen (secondary N) is 1. The molecular formula is C8H14N2O3. The van der Waals surface area contributed by atoms with Gasteiger partial charge in [-0.25, -0.2) is 4.79 Å². The summed E-state index contributed by atoms with van der Waals surface area (Å²) in [6, 6.07) is -0.00639. The average molecular weight is 186 g/mol. The summed E-state index contributed by atoms with van der Waals surface area (Å²) in [4.78, 5) is 21.0. The maximum absolute atomic E-state index is 10.8. The molecule has 0 unspecified atom stereocenters. The van der Waals surface area contributed by atoms with Crippen molar-refractivity contribution in [3.63, 3.8) is 0 Å². The molecule has 1 rings (SSSR count). The maximum Gasteiger partial charge on any atom is 0.404 e. The van der Waals surface area contributed by atoms with E-state index in [0.717, 1.165) is 0 Å². The Morgan fingerprint density at radius 2 is 1.77 bits per heavy atom. The zero-order valence-corrected chi connectivity index (χ0v) is 7.32. The topological polar surface area (TPSA) is 92.4 Å². The van der Waals surface area contributed by atoms with E-state index in [4.69, 9.17) is 10.8 Å². The summed E-state index contributed by atoms with van der Waals surface area (Å²) in [5, 5.41) is 10.8. The maximum atomic E-state index is 10.8. The minimum absolute atomic E-state index is 0.00639. The molecule has 2 amide bonds. The van der Waals surface area contributed by atoms with Crippen LogP contribution >= 0.6 is 0 Å². The molecule has 0 radical (unpaired) electrons. The highest BCUT2D eigenvalue weighted by Gasteiger charge is 2.25. The van der Waals surface area contributed by atoms with Gasteiger partial charge in [0.05, 0.1) is 0 Å².